The summed E-state index contributed by atoms with van der Waals surface area (Å²) < 4.78 is 0. The van der Waals surface area contributed by atoms with Gasteiger partial charge in [-0.25, -0.2) is 0 Å². The van der Waals surface area contributed by atoms with Crippen LogP contribution in [-0.4, -0.2) is 23.8 Å². The van der Waals surface area contributed by atoms with E-state index in [9.17, 15) is 4.79 Å². The maximum Gasteiger partial charge on any atom is 0.133 e. The Morgan fingerprint density at radius 3 is 2.71 bits per heavy atom. The molecule has 0 bridgehead atoms. The van der Waals surface area contributed by atoms with Gasteiger partial charge in [0.1, 0.15) is 5.78 Å². The number of hydrogen-bond donors (Lipinski definition) is 0. The van der Waals surface area contributed by atoms with Crippen molar-refractivity contribution in [2.75, 3.05) is 7.05 Å². The number of benzene rings is 1. The number of ketones is 1. The van der Waals surface area contributed by atoms with E-state index < -0.39 is 0 Å². The van der Waals surface area contributed by atoms with E-state index in [1.54, 1.807) is 0 Å². The molecule has 3 heteroatoms. The van der Waals surface area contributed by atoms with Gasteiger partial charge in [-0.2, -0.15) is 0 Å². The van der Waals surface area contributed by atoms with E-state index in [1.807, 2.05) is 18.2 Å². The van der Waals surface area contributed by atoms with Gasteiger partial charge in [0.15, 0.2) is 0 Å². The summed E-state index contributed by atoms with van der Waals surface area (Å²) in [6.07, 6.45) is 3.47. The normalized spacial score (nSPS) is 17.7. The van der Waals surface area contributed by atoms with Crippen LogP contribution in [0.3, 0.4) is 0 Å². The molecule has 1 aliphatic rings. The average Bonchev–Trinajstić information content (AvgIpc) is 2.29. The Balaban J connectivity index is 1.92. The lowest BCUT2D eigenvalue weighted by Gasteiger charge is -2.30. The fraction of sp³-hybridized carbons (Fsp3) is 0.500. The first-order valence-corrected chi connectivity index (χ1v) is 6.49. The highest BCUT2D eigenvalue weighted by atomic mass is 35.5. The van der Waals surface area contributed by atoms with Crippen molar-refractivity contribution in [1.82, 2.24) is 4.90 Å². The standard InChI is InChI=1S/C14H18ClNO/c1-16(13-5-7-14(17)8-6-13)10-11-3-2-4-12(15)9-11/h2-4,9,13H,5-8,10H2,1H3. The smallest absolute Gasteiger partial charge is 0.133 e. The van der Waals surface area contributed by atoms with Gasteiger partial charge in [0, 0.05) is 30.5 Å². The number of Topliss-reactive ketones (excluding diaryl/α,β-unsaturated/α-hetero) is 1. The zero-order chi connectivity index (χ0) is 12.3. The molecule has 0 aromatic heterocycles. The van der Waals surface area contributed by atoms with Crippen LogP contribution in [0, 0.1) is 0 Å². The highest BCUT2D eigenvalue weighted by molar-refractivity contribution is 6.30. The molecule has 1 aliphatic carbocycles. The van der Waals surface area contributed by atoms with Crippen LogP contribution in [0.25, 0.3) is 0 Å². The molecule has 1 aromatic rings. The van der Waals surface area contributed by atoms with Crippen molar-refractivity contribution in [3.05, 3.63) is 34.9 Å². The number of nitrogens with zero attached hydrogens (tertiary/aromatic N) is 1. The molecule has 0 aliphatic heterocycles. The zero-order valence-corrected chi connectivity index (χ0v) is 10.9. The van der Waals surface area contributed by atoms with Crippen molar-refractivity contribution in [3.63, 3.8) is 0 Å². The van der Waals surface area contributed by atoms with Crippen molar-refractivity contribution in [1.29, 1.82) is 0 Å². The lowest BCUT2D eigenvalue weighted by Crippen LogP contribution is -2.34. The molecule has 1 saturated carbocycles. The molecule has 1 aromatic carbocycles. The van der Waals surface area contributed by atoms with Gasteiger partial charge in [-0.3, -0.25) is 9.69 Å². The van der Waals surface area contributed by atoms with Crippen LogP contribution in [0.4, 0.5) is 0 Å². The van der Waals surface area contributed by atoms with Crippen molar-refractivity contribution in [2.24, 2.45) is 0 Å². The second kappa shape index (κ2) is 5.65. The number of rotatable bonds is 3. The van der Waals surface area contributed by atoms with E-state index in [2.05, 4.69) is 18.0 Å². The summed E-state index contributed by atoms with van der Waals surface area (Å²) in [5, 5.41) is 0.787. The summed E-state index contributed by atoms with van der Waals surface area (Å²) in [5.41, 5.74) is 1.23. The fourth-order valence-electron chi connectivity index (χ4n) is 2.42. The molecule has 0 radical (unpaired) electrons. The van der Waals surface area contributed by atoms with Gasteiger partial charge < -0.3 is 0 Å². The summed E-state index contributed by atoms with van der Waals surface area (Å²) in [7, 11) is 2.13. The third-order valence-corrected chi connectivity index (χ3v) is 3.69. The summed E-state index contributed by atoms with van der Waals surface area (Å²) in [4.78, 5) is 13.5. The number of carbonyl (C=O) groups excluding carboxylic acids is 1. The van der Waals surface area contributed by atoms with Crippen molar-refractivity contribution >= 4 is 17.4 Å². The van der Waals surface area contributed by atoms with Crippen molar-refractivity contribution in [2.45, 2.75) is 38.3 Å². The van der Waals surface area contributed by atoms with Gasteiger partial charge in [0.2, 0.25) is 0 Å². The van der Waals surface area contributed by atoms with Crippen LogP contribution in [0.2, 0.25) is 5.02 Å². The SMILES string of the molecule is CN(Cc1cccc(Cl)c1)C1CCC(=O)CC1. The summed E-state index contributed by atoms with van der Waals surface area (Å²) in [5.74, 6) is 0.414. The number of hydrogen-bond acceptors (Lipinski definition) is 2. The number of carbonyl (C=O) groups is 1. The van der Waals surface area contributed by atoms with Crippen molar-refractivity contribution < 1.29 is 4.79 Å². The Morgan fingerprint density at radius 1 is 1.35 bits per heavy atom. The van der Waals surface area contributed by atoms with Gasteiger partial charge in [-0.1, -0.05) is 23.7 Å². The van der Waals surface area contributed by atoms with E-state index in [0.29, 0.717) is 11.8 Å². The van der Waals surface area contributed by atoms with Crippen molar-refractivity contribution in [3.8, 4) is 0 Å². The molecule has 2 nitrogen and oxygen atoms in total. The highest BCUT2D eigenvalue weighted by Gasteiger charge is 2.21. The minimum Gasteiger partial charge on any atom is -0.300 e. The third kappa shape index (κ3) is 3.55. The maximum atomic E-state index is 11.2. The van der Waals surface area contributed by atoms with Crippen LogP contribution in [0.1, 0.15) is 31.2 Å². The Kier molecular flexibility index (Phi) is 4.19. The van der Waals surface area contributed by atoms with Crippen LogP contribution in [0.15, 0.2) is 24.3 Å². The quantitative estimate of drug-likeness (QED) is 0.822. The molecule has 0 saturated heterocycles. The van der Waals surface area contributed by atoms with Crippen LogP contribution in [0.5, 0.6) is 0 Å². The first-order chi connectivity index (χ1) is 8.15. The lowest BCUT2D eigenvalue weighted by atomic mass is 9.93. The molecule has 0 N–H and O–H groups in total. The molecule has 17 heavy (non-hydrogen) atoms. The Labute approximate surface area is 108 Å². The Bertz CT molecular complexity index is 395. The summed E-state index contributed by atoms with van der Waals surface area (Å²) in [6, 6.07) is 8.51. The predicted molar refractivity (Wildman–Crippen MR) is 70.2 cm³/mol. The molecular formula is C14H18ClNO. The molecule has 0 heterocycles. The Morgan fingerprint density at radius 2 is 2.06 bits per heavy atom. The molecule has 1 fully saturated rings. The van der Waals surface area contributed by atoms with Gasteiger partial charge in [-0.15, -0.1) is 0 Å². The highest BCUT2D eigenvalue weighted by Crippen LogP contribution is 2.21. The monoisotopic (exact) mass is 251 g/mol. The van der Waals surface area contributed by atoms with E-state index in [1.165, 1.54) is 5.56 Å². The van der Waals surface area contributed by atoms with Gasteiger partial charge in [0.05, 0.1) is 0 Å². The average molecular weight is 252 g/mol. The third-order valence-electron chi connectivity index (χ3n) is 3.46. The van der Waals surface area contributed by atoms with Crippen LogP contribution < -0.4 is 0 Å². The van der Waals surface area contributed by atoms with Gasteiger partial charge in [-0.05, 0) is 37.6 Å². The van der Waals surface area contributed by atoms with Crippen LogP contribution in [-0.2, 0) is 11.3 Å². The molecule has 0 unspecified atom stereocenters. The largest absolute Gasteiger partial charge is 0.300 e. The fourth-order valence-corrected chi connectivity index (χ4v) is 2.63. The first-order valence-electron chi connectivity index (χ1n) is 6.11. The number of halogens is 1. The minimum atomic E-state index is 0.414. The molecule has 0 atom stereocenters. The molecule has 2 rings (SSSR count). The predicted octanol–water partition coefficient (Wildman–Crippen LogP) is 3.28. The van der Waals surface area contributed by atoms with E-state index >= 15 is 0 Å². The second-order valence-electron chi connectivity index (χ2n) is 4.81. The zero-order valence-electron chi connectivity index (χ0n) is 10.2. The van der Waals surface area contributed by atoms with E-state index in [-0.39, 0.29) is 0 Å². The lowest BCUT2D eigenvalue weighted by molar-refractivity contribution is -0.121. The second-order valence-corrected chi connectivity index (χ2v) is 5.25. The molecule has 92 valence electrons. The van der Waals surface area contributed by atoms with Gasteiger partial charge in [0.25, 0.3) is 0 Å². The van der Waals surface area contributed by atoms with Gasteiger partial charge >= 0.3 is 0 Å². The first kappa shape index (κ1) is 12.6. The van der Waals surface area contributed by atoms with E-state index in [4.69, 9.17) is 11.6 Å². The van der Waals surface area contributed by atoms with Crippen LogP contribution >= 0.6 is 11.6 Å². The summed E-state index contributed by atoms with van der Waals surface area (Å²) >= 11 is 5.97. The molecule has 0 amide bonds. The minimum absolute atomic E-state index is 0.414. The summed E-state index contributed by atoms with van der Waals surface area (Å²) in [6.45, 7) is 0.902. The topological polar surface area (TPSA) is 20.3 Å². The molecule has 0 spiro atoms. The maximum absolute atomic E-state index is 11.2. The molecular weight excluding hydrogens is 234 g/mol. The Hall–Kier alpha value is -0.860. The van der Waals surface area contributed by atoms with E-state index in [0.717, 1.165) is 37.3 Å².